The first-order valence-corrected chi connectivity index (χ1v) is 12.4. The van der Waals surface area contributed by atoms with E-state index in [9.17, 15) is 8.42 Å². The van der Waals surface area contributed by atoms with Crippen molar-refractivity contribution in [3.8, 4) is 17.3 Å². The molecule has 0 aliphatic carbocycles. The minimum atomic E-state index is -3.63. The highest BCUT2D eigenvalue weighted by Crippen LogP contribution is 2.33. The van der Waals surface area contributed by atoms with Crippen LogP contribution in [0.5, 0.6) is 11.5 Å². The molecule has 3 aromatic rings. The Bertz CT molecular complexity index is 1250. The summed E-state index contributed by atoms with van der Waals surface area (Å²) in [6.45, 7) is 6.75. The molecular formula is C22H26N6O4S. The van der Waals surface area contributed by atoms with Crippen molar-refractivity contribution >= 4 is 15.8 Å². The zero-order valence-electron chi connectivity index (χ0n) is 18.6. The predicted octanol–water partition coefficient (Wildman–Crippen LogP) is 1.95. The van der Waals surface area contributed by atoms with Gasteiger partial charge in [0.05, 0.1) is 23.8 Å². The van der Waals surface area contributed by atoms with Crippen molar-refractivity contribution in [2.45, 2.75) is 25.2 Å². The Kier molecular flexibility index (Phi) is 5.67. The highest BCUT2D eigenvalue weighted by molar-refractivity contribution is 7.89. The molecule has 5 rings (SSSR count). The molecule has 1 fully saturated rings. The molecule has 0 spiro atoms. The maximum atomic E-state index is 13.2. The molecule has 4 heterocycles. The molecule has 33 heavy (non-hydrogen) atoms. The summed E-state index contributed by atoms with van der Waals surface area (Å²) in [5, 5.41) is 13.1. The first kappa shape index (κ1) is 21.7. The summed E-state index contributed by atoms with van der Waals surface area (Å²) in [6, 6.07) is 10.6. The van der Waals surface area contributed by atoms with Gasteiger partial charge in [-0.1, -0.05) is 0 Å². The summed E-state index contributed by atoms with van der Waals surface area (Å²) in [6.07, 6.45) is 0.768. The fourth-order valence-electron chi connectivity index (χ4n) is 4.07. The fourth-order valence-corrected chi connectivity index (χ4v) is 5.51. The molecule has 0 unspecified atom stereocenters. The van der Waals surface area contributed by atoms with E-state index in [0.29, 0.717) is 62.5 Å². The Labute approximate surface area is 192 Å². The summed E-state index contributed by atoms with van der Waals surface area (Å²) in [5.41, 5.74) is 1.91. The third kappa shape index (κ3) is 4.25. The second-order valence-corrected chi connectivity index (χ2v) is 10.1. The van der Waals surface area contributed by atoms with Crippen molar-refractivity contribution in [2.24, 2.45) is 0 Å². The van der Waals surface area contributed by atoms with E-state index in [1.807, 2.05) is 36.9 Å². The summed E-state index contributed by atoms with van der Waals surface area (Å²) in [4.78, 5) is 2.26. The predicted molar refractivity (Wildman–Crippen MR) is 122 cm³/mol. The smallest absolute Gasteiger partial charge is 0.243 e. The van der Waals surface area contributed by atoms with Crippen LogP contribution in [0.1, 0.15) is 17.8 Å². The average molecular weight is 471 g/mol. The molecule has 2 aliphatic heterocycles. The van der Waals surface area contributed by atoms with Crippen molar-refractivity contribution in [3.05, 3.63) is 47.8 Å². The van der Waals surface area contributed by atoms with Crippen LogP contribution in [-0.2, 0) is 10.0 Å². The molecular weight excluding hydrogens is 444 g/mol. The van der Waals surface area contributed by atoms with Crippen LogP contribution in [0.25, 0.3) is 5.82 Å². The highest BCUT2D eigenvalue weighted by atomic mass is 32.2. The van der Waals surface area contributed by atoms with E-state index in [1.54, 1.807) is 22.9 Å². The molecule has 0 amide bonds. The topological polar surface area (TPSA) is 103 Å². The van der Waals surface area contributed by atoms with Gasteiger partial charge in [-0.25, -0.2) is 13.1 Å². The van der Waals surface area contributed by atoms with Gasteiger partial charge in [-0.05, 0) is 44.2 Å². The Morgan fingerprint density at radius 1 is 0.848 bits per heavy atom. The lowest BCUT2D eigenvalue weighted by Gasteiger charge is -2.34. The molecule has 0 saturated carbocycles. The van der Waals surface area contributed by atoms with E-state index in [1.165, 1.54) is 4.31 Å². The lowest BCUT2D eigenvalue weighted by Crippen LogP contribution is -2.49. The largest absolute Gasteiger partial charge is 0.490 e. The van der Waals surface area contributed by atoms with Crippen molar-refractivity contribution in [3.63, 3.8) is 0 Å². The molecule has 2 aliphatic rings. The minimum Gasteiger partial charge on any atom is -0.490 e. The van der Waals surface area contributed by atoms with Gasteiger partial charge in [0.1, 0.15) is 0 Å². The van der Waals surface area contributed by atoms with Gasteiger partial charge in [0, 0.05) is 44.4 Å². The molecule has 10 nitrogen and oxygen atoms in total. The fraction of sp³-hybridized carbons (Fsp3) is 0.409. The van der Waals surface area contributed by atoms with E-state index in [-0.39, 0.29) is 4.90 Å². The monoisotopic (exact) mass is 470 g/mol. The quantitative estimate of drug-likeness (QED) is 0.570. The molecule has 0 bridgehead atoms. The highest BCUT2D eigenvalue weighted by Gasteiger charge is 2.30. The van der Waals surface area contributed by atoms with Crippen molar-refractivity contribution in [1.82, 2.24) is 24.3 Å². The number of aryl methyl sites for hydroxylation is 2. The van der Waals surface area contributed by atoms with Crippen molar-refractivity contribution in [1.29, 1.82) is 0 Å². The second kappa shape index (κ2) is 8.64. The van der Waals surface area contributed by atoms with Crippen LogP contribution in [0, 0.1) is 13.8 Å². The Balaban J connectivity index is 1.27. The molecule has 11 heteroatoms. The zero-order valence-corrected chi connectivity index (χ0v) is 19.5. The van der Waals surface area contributed by atoms with Gasteiger partial charge in [-0.2, -0.15) is 9.40 Å². The standard InChI is InChI=1S/C22H26N6O4S/c1-16-14-17(2)28(25-16)22-7-6-21(23-24-22)26-8-10-27(11-9-26)33(29,30)18-4-5-19-20(15-18)32-13-3-12-31-19/h4-7,14-15H,3,8-13H2,1-2H3. The molecule has 0 radical (unpaired) electrons. The molecule has 1 saturated heterocycles. The number of hydrogen-bond donors (Lipinski definition) is 0. The van der Waals surface area contributed by atoms with Crippen molar-refractivity contribution < 1.29 is 17.9 Å². The number of rotatable bonds is 4. The lowest BCUT2D eigenvalue weighted by atomic mass is 10.3. The normalized spacial score (nSPS) is 17.1. The number of piperazine rings is 1. The Morgan fingerprint density at radius 3 is 2.21 bits per heavy atom. The third-order valence-corrected chi connectivity index (χ3v) is 7.68. The average Bonchev–Trinajstić information content (AvgIpc) is 3.02. The molecule has 0 atom stereocenters. The number of hydrogen-bond acceptors (Lipinski definition) is 8. The summed E-state index contributed by atoms with van der Waals surface area (Å²) in [7, 11) is -3.63. The number of sulfonamides is 1. The first-order valence-electron chi connectivity index (χ1n) is 10.9. The summed E-state index contributed by atoms with van der Waals surface area (Å²) < 4.78 is 40.9. The third-order valence-electron chi connectivity index (χ3n) is 5.78. The molecule has 1 aromatic carbocycles. The first-order chi connectivity index (χ1) is 15.9. The number of aromatic nitrogens is 4. The maximum Gasteiger partial charge on any atom is 0.243 e. The number of fused-ring (bicyclic) bond motifs is 1. The van der Waals surface area contributed by atoms with Crippen LogP contribution in [-0.4, -0.2) is 72.1 Å². The minimum absolute atomic E-state index is 0.217. The molecule has 174 valence electrons. The number of nitrogens with zero attached hydrogens (tertiary/aromatic N) is 6. The van der Waals surface area contributed by atoms with Crippen LogP contribution in [0.2, 0.25) is 0 Å². The van der Waals surface area contributed by atoms with E-state index >= 15 is 0 Å². The van der Waals surface area contributed by atoms with Gasteiger partial charge < -0.3 is 14.4 Å². The summed E-state index contributed by atoms with van der Waals surface area (Å²) in [5.74, 6) is 2.43. The lowest BCUT2D eigenvalue weighted by molar-refractivity contribution is 0.296. The zero-order chi connectivity index (χ0) is 23.0. The second-order valence-electron chi connectivity index (χ2n) is 8.14. The van der Waals surface area contributed by atoms with Crippen LogP contribution in [0.15, 0.2) is 41.3 Å². The Morgan fingerprint density at radius 2 is 1.55 bits per heavy atom. The number of benzene rings is 1. The van der Waals surface area contributed by atoms with Gasteiger partial charge in [0.2, 0.25) is 10.0 Å². The van der Waals surface area contributed by atoms with Crippen LogP contribution < -0.4 is 14.4 Å². The Hall–Kier alpha value is -3.18. The van der Waals surface area contributed by atoms with Crippen molar-refractivity contribution in [2.75, 3.05) is 44.3 Å². The summed E-state index contributed by atoms with van der Waals surface area (Å²) >= 11 is 0. The molecule has 2 aromatic heterocycles. The van der Waals surface area contributed by atoms with E-state index in [2.05, 4.69) is 15.3 Å². The van der Waals surface area contributed by atoms with E-state index < -0.39 is 10.0 Å². The van der Waals surface area contributed by atoms with Gasteiger partial charge >= 0.3 is 0 Å². The number of ether oxygens (including phenoxy) is 2. The maximum absolute atomic E-state index is 13.2. The van der Waals surface area contributed by atoms with Gasteiger partial charge in [-0.15, -0.1) is 10.2 Å². The van der Waals surface area contributed by atoms with Gasteiger partial charge in [0.15, 0.2) is 23.1 Å². The van der Waals surface area contributed by atoms with Gasteiger partial charge in [0.25, 0.3) is 0 Å². The SMILES string of the molecule is Cc1cc(C)n(-c2ccc(N3CCN(S(=O)(=O)c4ccc5c(c4)OCCCO5)CC3)nn2)n1. The number of anilines is 1. The van der Waals surface area contributed by atoms with E-state index in [0.717, 1.165) is 17.8 Å². The van der Waals surface area contributed by atoms with E-state index in [4.69, 9.17) is 9.47 Å². The van der Waals surface area contributed by atoms with Crippen LogP contribution in [0.4, 0.5) is 5.82 Å². The van der Waals surface area contributed by atoms with Crippen LogP contribution >= 0.6 is 0 Å². The van der Waals surface area contributed by atoms with Crippen LogP contribution in [0.3, 0.4) is 0 Å². The molecule has 0 N–H and O–H groups in total. The van der Waals surface area contributed by atoms with Gasteiger partial charge in [-0.3, -0.25) is 0 Å².